The second-order valence-corrected chi connectivity index (χ2v) is 2.29. The molecular formula is C7H15N2Si. The molecule has 0 saturated carbocycles. The topological polar surface area (TPSA) is 24.1 Å². The molecule has 0 amide bonds. The Kier molecular flexibility index (Phi) is 6.90. The summed E-state index contributed by atoms with van der Waals surface area (Å²) in [5.41, 5.74) is 1.86. The smallest absolute Gasteiger partial charge is 0.0759 e. The minimum Gasteiger partial charge on any atom is -0.299 e. The van der Waals surface area contributed by atoms with Gasteiger partial charge in [-0.3, -0.25) is 10.6 Å². The van der Waals surface area contributed by atoms with Gasteiger partial charge in [-0.25, -0.2) is 0 Å². The Hall–Kier alpha value is -0.123. The van der Waals surface area contributed by atoms with Gasteiger partial charge >= 0.3 is 0 Å². The van der Waals surface area contributed by atoms with Gasteiger partial charge in [0.1, 0.15) is 0 Å². The van der Waals surface area contributed by atoms with Crippen molar-refractivity contribution < 1.29 is 0 Å². The molecule has 3 heteroatoms. The Morgan fingerprint density at radius 1 is 1.30 bits per heavy atom. The highest BCUT2D eigenvalue weighted by Crippen LogP contribution is 1.78. The van der Waals surface area contributed by atoms with E-state index in [4.69, 9.17) is 0 Å². The van der Waals surface area contributed by atoms with E-state index in [2.05, 4.69) is 34.7 Å². The molecule has 0 unspecified atom stereocenters. The fraction of sp³-hybridized carbons (Fsp3) is 0.714. The fourth-order valence-corrected chi connectivity index (χ4v) is 0.937. The summed E-state index contributed by atoms with van der Waals surface area (Å²) in [6.07, 6.45) is 2.33. The van der Waals surface area contributed by atoms with Gasteiger partial charge in [0.05, 0.1) is 16.4 Å². The van der Waals surface area contributed by atoms with Crippen molar-refractivity contribution in [3.05, 3.63) is 11.8 Å². The number of rotatable bonds is 5. The lowest BCUT2D eigenvalue weighted by atomic mass is 10.4. The Balaban J connectivity index is 3.50. The summed E-state index contributed by atoms with van der Waals surface area (Å²) in [6.45, 7) is 6.14. The number of likely N-dealkylation sites (N-methyl/N-ethyl adjacent to an activating group) is 2. The van der Waals surface area contributed by atoms with Gasteiger partial charge in [-0.2, -0.15) is 0 Å². The van der Waals surface area contributed by atoms with Crippen molar-refractivity contribution in [1.82, 2.24) is 10.6 Å². The summed E-state index contributed by atoms with van der Waals surface area (Å²) in [6, 6.07) is 0. The minimum atomic E-state index is 0.299. The van der Waals surface area contributed by atoms with E-state index in [0.29, 0.717) is 6.17 Å². The highest BCUT2D eigenvalue weighted by molar-refractivity contribution is 6.17. The highest BCUT2D eigenvalue weighted by atomic mass is 28.1. The first kappa shape index (κ1) is 9.88. The molecule has 2 nitrogen and oxygen atoms in total. The molecule has 0 aromatic rings. The van der Waals surface area contributed by atoms with Gasteiger partial charge in [-0.1, -0.05) is 19.9 Å². The molecule has 0 aliphatic rings. The average Bonchev–Trinajstić information content (AvgIpc) is 1.90. The number of hydrogen-bond acceptors (Lipinski definition) is 2. The SMILES string of the molecule is CCNC(C=C[Si])NCC. The maximum Gasteiger partial charge on any atom is 0.0759 e. The van der Waals surface area contributed by atoms with Gasteiger partial charge in [0.15, 0.2) is 0 Å². The predicted molar refractivity (Wildman–Crippen MR) is 46.0 cm³/mol. The van der Waals surface area contributed by atoms with Crippen molar-refractivity contribution in [2.75, 3.05) is 13.1 Å². The van der Waals surface area contributed by atoms with Crippen LogP contribution in [0.3, 0.4) is 0 Å². The van der Waals surface area contributed by atoms with E-state index in [9.17, 15) is 0 Å². The van der Waals surface area contributed by atoms with E-state index in [1.165, 1.54) is 0 Å². The fourth-order valence-electron chi connectivity index (χ4n) is 0.744. The lowest BCUT2D eigenvalue weighted by Crippen LogP contribution is -2.40. The summed E-state index contributed by atoms with van der Waals surface area (Å²) in [5, 5.41) is 6.51. The van der Waals surface area contributed by atoms with E-state index in [1.807, 2.05) is 11.8 Å². The van der Waals surface area contributed by atoms with Crippen molar-refractivity contribution in [1.29, 1.82) is 0 Å². The molecule has 0 rings (SSSR count). The Labute approximate surface area is 66.5 Å². The van der Waals surface area contributed by atoms with Crippen molar-refractivity contribution in [2.45, 2.75) is 20.0 Å². The summed E-state index contributed by atoms with van der Waals surface area (Å²) in [5.74, 6) is 0. The van der Waals surface area contributed by atoms with E-state index >= 15 is 0 Å². The van der Waals surface area contributed by atoms with E-state index in [0.717, 1.165) is 13.1 Å². The zero-order valence-electron chi connectivity index (χ0n) is 6.65. The van der Waals surface area contributed by atoms with Crippen LogP contribution >= 0.6 is 0 Å². The van der Waals surface area contributed by atoms with Crippen LogP contribution in [0.1, 0.15) is 13.8 Å². The Morgan fingerprint density at radius 3 is 2.10 bits per heavy atom. The molecule has 57 valence electrons. The van der Waals surface area contributed by atoms with Crippen LogP contribution in [-0.2, 0) is 0 Å². The zero-order valence-corrected chi connectivity index (χ0v) is 7.65. The molecule has 10 heavy (non-hydrogen) atoms. The van der Waals surface area contributed by atoms with Crippen molar-refractivity contribution in [2.24, 2.45) is 0 Å². The Bertz CT molecular complexity index is 87.6. The van der Waals surface area contributed by atoms with Crippen LogP contribution in [-0.4, -0.2) is 29.5 Å². The molecule has 3 radical (unpaired) electrons. The Morgan fingerprint density at radius 2 is 1.80 bits per heavy atom. The third-order valence-corrected chi connectivity index (χ3v) is 1.33. The van der Waals surface area contributed by atoms with Gasteiger partial charge in [-0.05, 0) is 13.1 Å². The van der Waals surface area contributed by atoms with Crippen LogP contribution in [0.5, 0.6) is 0 Å². The van der Waals surface area contributed by atoms with E-state index < -0.39 is 0 Å². The summed E-state index contributed by atoms with van der Waals surface area (Å²) >= 11 is 0. The van der Waals surface area contributed by atoms with Crippen LogP contribution in [0.2, 0.25) is 0 Å². The molecule has 0 heterocycles. The molecule has 0 aliphatic carbocycles. The molecule has 0 aliphatic heterocycles. The third-order valence-electron chi connectivity index (χ3n) is 1.14. The molecule has 0 fully saturated rings. The summed E-state index contributed by atoms with van der Waals surface area (Å²) in [7, 11) is 3.27. The maximum absolute atomic E-state index is 3.27. The highest BCUT2D eigenvalue weighted by Gasteiger charge is 1.95. The maximum atomic E-state index is 3.27. The molecular weight excluding hydrogens is 140 g/mol. The second kappa shape index (κ2) is 6.99. The first-order valence-electron chi connectivity index (χ1n) is 3.65. The first-order chi connectivity index (χ1) is 4.85. The van der Waals surface area contributed by atoms with Gasteiger partial charge in [0.25, 0.3) is 0 Å². The van der Waals surface area contributed by atoms with Crippen LogP contribution in [0, 0.1) is 0 Å². The second-order valence-electron chi connectivity index (χ2n) is 1.95. The molecule has 0 atom stereocenters. The number of hydrogen-bond donors (Lipinski definition) is 2. The molecule has 0 aromatic heterocycles. The van der Waals surface area contributed by atoms with E-state index in [1.54, 1.807) is 0 Å². The lowest BCUT2D eigenvalue weighted by molar-refractivity contribution is 0.520. The van der Waals surface area contributed by atoms with Crippen LogP contribution in [0.25, 0.3) is 0 Å². The van der Waals surface area contributed by atoms with Crippen LogP contribution in [0.4, 0.5) is 0 Å². The predicted octanol–water partition coefficient (Wildman–Crippen LogP) is 0.214. The monoisotopic (exact) mass is 155 g/mol. The van der Waals surface area contributed by atoms with Crippen molar-refractivity contribution in [3.63, 3.8) is 0 Å². The van der Waals surface area contributed by atoms with Crippen molar-refractivity contribution >= 4 is 10.2 Å². The molecule has 0 bridgehead atoms. The largest absolute Gasteiger partial charge is 0.299 e. The standard InChI is InChI=1S/C7H15N2Si/c1-3-8-7(5-6-10)9-4-2/h5-9H,3-4H2,1-2H3. The quantitative estimate of drug-likeness (QED) is 0.438. The summed E-state index contributed by atoms with van der Waals surface area (Å²) < 4.78 is 0. The first-order valence-corrected chi connectivity index (χ1v) is 4.23. The molecule has 0 aromatic carbocycles. The summed E-state index contributed by atoms with van der Waals surface area (Å²) in [4.78, 5) is 0. The van der Waals surface area contributed by atoms with Crippen molar-refractivity contribution in [3.8, 4) is 0 Å². The average molecular weight is 155 g/mol. The number of nitrogens with one attached hydrogen (secondary N) is 2. The molecule has 0 spiro atoms. The van der Waals surface area contributed by atoms with Crippen LogP contribution < -0.4 is 10.6 Å². The minimum absolute atomic E-state index is 0.299. The van der Waals surface area contributed by atoms with E-state index in [-0.39, 0.29) is 0 Å². The van der Waals surface area contributed by atoms with Gasteiger partial charge in [0.2, 0.25) is 0 Å². The zero-order chi connectivity index (χ0) is 7.82. The van der Waals surface area contributed by atoms with Gasteiger partial charge in [-0.15, -0.1) is 5.70 Å². The van der Waals surface area contributed by atoms with Crippen LogP contribution in [0.15, 0.2) is 11.8 Å². The lowest BCUT2D eigenvalue weighted by Gasteiger charge is -2.13. The van der Waals surface area contributed by atoms with Gasteiger partial charge in [0, 0.05) is 0 Å². The normalized spacial score (nSPS) is 11.6. The third kappa shape index (κ3) is 4.73. The molecule has 0 saturated heterocycles. The molecule has 2 N–H and O–H groups in total. The van der Waals surface area contributed by atoms with Gasteiger partial charge < -0.3 is 0 Å².